The van der Waals surface area contributed by atoms with Crippen molar-refractivity contribution in [3.63, 3.8) is 0 Å². The average molecular weight is 485 g/mol. The number of aromatic nitrogens is 4. The van der Waals surface area contributed by atoms with Gasteiger partial charge in [-0.25, -0.2) is 15.0 Å². The third-order valence-corrected chi connectivity index (χ3v) is 8.98. The first-order chi connectivity index (χ1) is 15.4. The van der Waals surface area contributed by atoms with Crippen molar-refractivity contribution in [2.24, 2.45) is 17.8 Å². The van der Waals surface area contributed by atoms with Crippen LogP contribution in [-0.2, 0) is 18.3 Å². The molecule has 4 saturated carbocycles. The number of nitrogens with one attached hydrogen (secondary N) is 1. The SMILES string of the molecule is O=P1([O-])OC[C@H]2O[C@@H](n3cnc4c(NC56CC7CC(CC(C7)C5)C6)ncnc43)[C@H](O)[C@@H]2O1.[Na+]. The van der Waals surface area contributed by atoms with Crippen LogP contribution in [0.25, 0.3) is 11.2 Å². The van der Waals surface area contributed by atoms with Crippen molar-refractivity contribution in [2.75, 3.05) is 11.9 Å². The van der Waals surface area contributed by atoms with Gasteiger partial charge in [0, 0.05) is 5.54 Å². The molecule has 11 nitrogen and oxygen atoms in total. The second-order valence-corrected chi connectivity index (χ2v) is 11.6. The Labute approximate surface area is 212 Å². The minimum atomic E-state index is -4.44. The molecule has 0 spiro atoms. The van der Waals surface area contributed by atoms with Crippen molar-refractivity contribution in [1.29, 1.82) is 0 Å². The van der Waals surface area contributed by atoms with Crippen molar-refractivity contribution in [3.05, 3.63) is 12.7 Å². The van der Waals surface area contributed by atoms with Gasteiger partial charge in [0.25, 0.3) is 7.82 Å². The summed E-state index contributed by atoms with van der Waals surface area (Å²) in [5.41, 5.74) is 1.19. The number of aliphatic hydroxyl groups excluding tert-OH is 1. The van der Waals surface area contributed by atoms with Crippen LogP contribution in [0.4, 0.5) is 5.82 Å². The Kier molecular flexibility index (Phi) is 5.49. The normalized spacial score (nSPS) is 45.7. The van der Waals surface area contributed by atoms with Crippen LogP contribution in [-0.4, -0.2) is 55.1 Å². The molecule has 4 aliphatic carbocycles. The molecule has 6 aliphatic rings. The number of nitrogens with zero attached hydrogens (tertiary/aromatic N) is 4. The number of phosphoric ester groups is 1. The van der Waals surface area contributed by atoms with Gasteiger partial charge in [-0.1, -0.05) is 0 Å². The molecule has 33 heavy (non-hydrogen) atoms. The van der Waals surface area contributed by atoms with E-state index in [4.69, 9.17) is 13.8 Å². The second kappa shape index (κ2) is 7.94. The van der Waals surface area contributed by atoms with E-state index >= 15 is 0 Å². The quantitative estimate of drug-likeness (QED) is 0.384. The standard InChI is InChI=1S/C20H26N5O6P.Na/c26-15-16-13(7-29-32(27,28)31-16)30-19(15)25-9-23-14-17(21-8-22-18(14)25)24-20-4-10-1-11(5-20)3-12(2-10)6-20;/h8-13,15-16,19,26H,1-7H2,(H,27,28)(H,21,22,24);/q;+1/p-1/t10?,11?,12?,13-,15-,16-,19-,20?;/m1./s1. The number of hydrogen-bond acceptors (Lipinski definition) is 10. The Morgan fingerprint density at radius 3 is 2.55 bits per heavy atom. The second-order valence-electron chi connectivity index (χ2n) is 10.2. The molecule has 2 aliphatic heterocycles. The van der Waals surface area contributed by atoms with E-state index in [1.807, 2.05) is 0 Å². The summed E-state index contributed by atoms with van der Waals surface area (Å²) in [6.07, 6.45) is 6.80. The maximum Gasteiger partial charge on any atom is 1.00 e. The number of aliphatic hydroxyl groups is 1. The van der Waals surface area contributed by atoms with Gasteiger partial charge in [-0.2, -0.15) is 0 Å². The molecule has 0 radical (unpaired) electrons. The fourth-order valence-electron chi connectivity index (χ4n) is 7.20. The average Bonchev–Trinajstić information content (AvgIpc) is 3.28. The Morgan fingerprint density at radius 2 is 1.85 bits per heavy atom. The monoisotopic (exact) mass is 485 g/mol. The van der Waals surface area contributed by atoms with Crippen LogP contribution in [0.3, 0.4) is 0 Å². The smallest absolute Gasteiger partial charge is 0.756 e. The molecule has 13 heteroatoms. The number of imidazole rings is 1. The summed E-state index contributed by atoms with van der Waals surface area (Å²) in [4.78, 5) is 25.1. The predicted molar refractivity (Wildman–Crippen MR) is 108 cm³/mol. The summed E-state index contributed by atoms with van der Waals surface area (Å²) in [6, 6.07) is 0. The molecule has 8 rings (SSSR count). The Hall–Kier alpha value is -0.620. The largest absolute Gasteiger partial charge is 1.00 e. The fourth-order valence-corrected chi connectivity index (χ4v) is 8.15. The minimum Gasteiger partial charge on any atom is -0.756 e. The van der Waals surface area contributed by atoms with Gasteiger partial charge < -0.3 is 29.1 Å². The number of fused-ring (bicyclic) bond motifs is 2. The van der Waals surface area contributed by atoms with Crippen LogP contribution in [0.2, 0.25) is 0 Å². The van der Waals surface area contributed by atoms with Crippen molar-refractivity contribution in [2.45, 2.75) is 68.6 Å². The summed E-state index contributed by atoms with van der Waals surface area (Å²) in [7, 11) is -4.44. The summed E-state index contributed by atoms with van der Waals surface area (Å²) in [5.74, 6) is 3.10. The molecule has 6 fully saturated rings. The van der Waals surface area contributed by atoms with Crippen LogP contribution in [0.15, 0.2) is 12.7 Å². The number of anilines is 1. The number of ether oxygens (including phenoxy) is 1. The van der Waals surface area contributed by atoms with E-state index < -0.39 is 32.4 Å². The molecular formula is C20H25N5NaO6P. The molecule has 172 valence electrons. The zero-order valence-corrected chi connectivity index (χ0v) is 21.3. The first kappa shape index (κ1) is 22.8. The molecule has 5 atom stereocenters. The van der Waals surface area contributed by atoms with Gasteiger partial charge in [-0.05, 0) is 56.3 Å². The van der Waals surface area contributed by atoms with Crippen LogP contribution in [0.1, 0.15) is 44.8 Å². The van der Waals surface area contributed by atoms with E-state index in [1.54, 1.807) is 10.9 Å². The molecule has 2 aromatic rings. The number of phosphoric acid groups is 1. The van der Waals surface area contributed by atoms with Crippen molar-refractivity contribution in [1.82, 2.24) is 19.5 Å². The summed E-state index contributed by atoms with van der Waals surface area (Å²) < 4.78 is 28.8. The Bertz CT molecular complexity index is 1100. The zero-order valence-electron chi connectivity index (χ0n) is 18.4. The van der Waals surface area contributed by atoms with E-state index in [0.717, 1.165) is 17.8 Å². The molecule has 4 heterocycles. The van der Waals surface area contributed by atoms with E-state index in [0.29, 0.717) is 17.0 Å². The van der Waals surface area contributed by atoms with Gasteiger partial charge in [0.2, 0.25) is 0 Å². The van der Waals surface area contributed by atoms with Crippen molar-refractivity contribution >= 4 is 24.8 Å². The first-order valence-electron chi connectivity index (χ1n) is 11.3. The molecule has 2 saturated heterocycles. The summed E-state index contributed by atoms with van der Waals surface area (Å²) >= 11 is 0. The molecule has 1 unspecified atom stereocenters. The first-order valence-corrected chi connectivity index (χ1v) is 12.8. The Morgan fingerprint density at radius 1 is 1.15 bits per heavy atom. The molecule has 2 N–H and O–H groups in total. The van der Waals surface area contributed by atoms with Gasteiger partial charge in [0.1, 0.15) is 24.6 Å². The zero-order chi connectivity index (χ0) is 21.7. The maximum absolute atomic E-state index is 11.7. The number of rotatable bonds is 3. The summed E-state index contributed by atoms with van der Waals surface area (Å²) in [6.45, 7) is -0.195. The van der Waals surface area contributed by atoms with Crippen molar-refractivity contribution in [3.8, 4) is 0 Å². The van der Waals surface area contributed by atoms with E-state index in [1.165, 1.54) is 44.9 Å². The predicted octanol–water partition coefficient (Wildman–Crippen LogP) is -1.65. The van der Waals surface area contributed by atoms with E-state index in [-0.39, 0.29) is 41.7 Å². The van der Waals surface area contributed by atoms with Gasteiger partial charge in [0.05, 0.1) is 12.9 Å². The van der Waals surface area contributed by atoms with E-state index in [9.17, 15) is 14.6 Å². The third-order valence-electron chi connectivity index (χ3n) is 8.01. The summed E-state index contributed by atoms with van der Waals surface area (Å²) in [5, 5.41) is 14.5. The fraction of sp³-hybridized carbons (Fsp3) is 0.750. The van der Waals surface area contributed by atoms with Crippen LogP contribution in [0, 0.1) is 17.8 Å². The molecular weight excluding hydrogens is 460 g/mol. The van der Waals surface area contributed by atoms with Gasteiger partial charge in [-0.3, -0.25) is 9.13 Å². The van der Waals surface area contributed by atoms with Crippen LogP contribution >= 0.6 is 7.82 Å². The van der Waals surface area contributed by atoms with Gasteiger partial charge in [-0.15, -0.1) is 0 Å². The van der Waals surface area contributed by atoms with Crippen molar-refractivity contribution < 1.29 is 57.9 Å². The van der Waals surface area contributed by atoms with Gasteiger partial charge in [0.15, 0.2) is 23.2 Å². The Balaban J connectivity index is 0.00000206. The van der Waals surface area contributed by atoms with Crippen LogP contribution in [0.5, 0.6) is 0 Å². The van der Waals surface area contributed by atoms with Crippen LogP contribution < -0.4 is 39.8 Å². The topological polar surface area (TPSA) is 144 Å². The molecule has 0 aromatic carbocycles. The number of hydrogen-bond donors (Lipinski definition) is 2. The molecule has 0 amide bonds. The maximum atomic E-state index is 11.7. The van der Waals surface area contributed by atoms with E-state index in [2.05, 4.69) is 20.3 Å². The molecule has 2 aromatic heterocycles. The van der Waals surface area contributed by atoms with Gasteiger partial charge >= 0.3 is 29.6 Å². The third kappa shape index (κ3) is 3.72. The minimum absolute atomic E-state index is 0. The molecule has 4 bridgehead atoms.